The van der Waals surface area contributed by atoms with Crippen LogP contribution in [-0.2, 0) is 30.6 Å². The quantitative estimate of drug-likeness (QED) is 0.118. The predicted molar refractivity (Wildman–Crippen MR) is 185 cm³/mol. The fourth-order valence-corrected chi connectivity index (χ4v) is 11.1. The largest absolute Gasteiger partial charge is 0.497 e. The van der Waals surface area contributed by atoms with Gasteiger partial charge in [-0.15, -0.1) is 0 Å². The molecule has 3 fully saturated rings. The van der Waals surface area contributed by atoms with Gasteiger partial charge in [0.2, 0.25) is 5.91 Å². The van der Waals surface area contributed by atoms with E-state index in [2.05, 4.69) is 33.0 Å². The summed E-state index contributed by atoms with van der Waals surface area (Å²) in [5.74, 6) is 1.30. The minimum Gasteiger partial charge on any atom is -0.497 e. The van der Waals surface area contributed by atoms with Crippen LogP contribution in [0.4, 0.5) is 0 Å². The third-order valence-electron chi connectivity index (χ3n) is 13.1. The Morgan fingerprint density at radius 3 is 2.44 bits per heavy atom. The average Bonchev–Trinajstić information content (AvgIpc) is 3.39. The number of hydrogen-bond donors (Lipinski definition) is 3. The Bertz CT molecular complexity index is 1530. The first-order chi connectivity index (χ1) is 22.6. The topological polar surface area (TPSA) is 139 Å². The molecule has 3 saturated carbocycles. The lowest BCUT2D eigenvalue weighted by Gasteiger charge is -2.58. The van der Waals surface area contributed by atoms with E-state index in [0.29, 0.717) is 41.4 Å². The fraction of sp³-hybridized carbons (Fsp3) is 0.684. The predicted octanol–water partition coefficient (Wildman–Crippen LogP) is 7.33. The second-order valence-corrected chi connectivity index (χ2v) is 16.7. The third kappa shape index (κ3) is 7.41. The molecule has 0 heterocycles. The Kier molecular flexibility index (Phi) is 10.9. The zero-order chi connectivity index (χ0) is 35.0. The van der Waals surface area contributed by atoms with Gasteiger partial charge in [0, 0.05) is 12.0 Å². The van der Waals surface area contributed by atoms with Crippen LogP contribution in [0.1, 0.15) is 104 Å². The molecule has 4 aliphatic carbocycles. The smallest absolute Gasteiger partial charge is 0.397 e. The zero-order valence-electron chi connectivity index (χ0n) is 29.5. The Morgan fingerprint density at radius 2 is 1.79 bits per heavy atom. The lowest BCUT2D eigenvalue weighted by atomic mass is 9.47. The van der Waals surface area contributed by atoms with Crippen molar-refractivity contribution in [3.63, 3.8) is 0 Å². The van der Waals surface area contributed by atoms with Crippen molar-refractivity contribution in [2.75, 3.05) is 7.11 Å². The first kappa shape index (κ1) is 36.6. The van der Waals surface area contributed by atoms with Gasteiger partial charge < -0.3 is 15.2 Å². The van der Waals surface area contributed by atoms with Crippen molar-refractivity contribution in [1.29, 1.82) is 0 Å². The Balaban J connectivity index is 1.19. The van der Waals surface area contributed by atoms with Gasteiger partial charge in [-0.25, -0.2) is 8.98 Å². The molecule has 266 valence electrons. The lowest BCUT2D eigenvalue weighted by molar-refractivity contribution is -0.141. The van der Waals surface area contributed by atoms with Crippen LogP contribution in [0, 0.1) is 40.4 Å². The number of fused-ring (bicyclic) bond motifs is 4. The van der Waals surface area contributed by atoms with Gasteiger partial charge in [-0.3, -0.25) is 9.35 Å². The highest BCUT2D eigenvalue weighted by Crippen LogP contribution is 2.66. The minimum atomic E-state index is -4.47. The number of methoxy groups -OCH3 is 1. The van der Waals surface area contributed by atoms with Crippen LogP contribution >= 0.6 is 0 Å². The normalized spacial score (nSPS) is 33.2. The summed E-state index contributed by atoms with van der Waals surface area (Å²) in [6.07, 6.45) is 11.7. The number of hydrogen-bond acceptors (Lipinski definition) is 6. The van der Waals surface area contributed by atoms with Crippen LogP contribution in [0.5, 0.6) is 5.75 Å². The maximum absolute atomic E-state index is 13.0. The van der Waals surface area contributed by atoms with E-state index in [9.17, 15) is 27.7 Å². The number of benzene rings is 1. The molecule has 1 aromatic carbocycles. The van der Waals surface area contributed by atoms with Gasteiger partial charge in [-0.05, 0) is 129 Å². The Hall–Kier alpha value is -2.69. The summed E-state index contributed by atoms with van der Waals surface area (Å²) in [5.41, 5.74) is 5.00. The van der Waals surface area contributed by atoms with E-state index in [1.807, 2.05) is 18.2 Å². The zero-order valence-corrected chi connectivity index (χ0v) is 30.3. The molecule has 48 heavy (non-hydrogen) atoms. The molecule has 0 bridgehead atoms. The number of aliphatic carboxylic acids is 1. The van der Waals surface area contributed by atoms with Gasteiger partial charge in [0.15, 0.2) is 0 Å². The molecule has 3 N–H and O–H groups in total. The van der Waals surface area contributed by atoms with E-state index in [1.54, 1.807) is 37.3 Å². The standard InChI is InChI=1S/C38H55NO8S/c1-23(8-7-9-24(2)35(40)39-33(36(41)42)22-26-10-12-27(46-6)13-11-26)29-16-17-31-28-14-15-30-25(3)34(47-48(43,44)45)19-21-38(30,5)32(28)18-20-37(29,31)4/h9-13,23,25,29-30,32-34H,7-8,14-22H2,1-6H3,(H,39,40)(H,41,42)(H,43,44,45). The Morgan fingerprint density at radius 1 is 1.08 bits per heavy atom. The number of amides is 1. The van der Waals surface area contributed by atoms with E-state index >= 15 is 0 Å². The molecule has 1 aromatic rings. The number of carboxylic acid groups (broad SMARTS) is 1. The van der Waals surface area contributed by atoms with Crippen LogP contribution in [0.25, 0.3) is 0 Å². The first-order valence-electron chi connectivity index (χ1n) is 17.8. The molecular formula is C38H55NO8S. The summed E-state index contributed by atoms with van der Waals surface area (Å²) in [5, 5.41) is 12.5. The molecule has 9 unspecified atom stereocenters. The van der Waals surface area contributed by atoms with Crippen molar-refractivity contribution < 1.29 is 36.6 Å². The highest BCUT2D eigenvalue weighted by atomic mass is 32.3. The summed E-state index contributed by atoms with van der Waals surface area (Å²) in [6.45, 7) is 11.1. The number of carbonyl (C=O) groups is 2. The maximum atomic E-state index is 13.0. The summed E-state index contributed by atoms with van der Waals surface area (Å²) >= 11 is 0. The van der Waals surface area contributed by atoms with Crippen LogP contribution in [0.2, 0.25) is 0 Å². The fourth-order valence-electron chi connectivity index (χ4n) is 10.5. The van der Waals surface area contributed by atoms with E-state index < -0.39 is 28.5 Å². The second-order valence-electron chi connectivity index (χ2n) is 15.6. The van der Waals surface area contributed by atoms with Gasteiger partial charge in [0.1, 0.15) is 11.8 Å². The highest BCUT2D eigenvalue weighted by Gasteiger charge is 2.57. The van der Waals surface area contributed by atoms with Crippen LogP contribution in [0.3, 0.4) is 0 Å². The molecule has 9 atom stereocenters. The van der Waals surface area contributed by atoms with Gasteiger partial charge in [0.05, 0.1) is 13.2 Å². The van der Waals surface area contributed by atoms with E-state index in [-0.39, 0.29) is 29.1 Å². The molecule has 0 aliphatic heterocycles. The van der Waals surface area contributed by atoms with Gasteiger partial charge in [-0.1, -0.05) is 57.0 Å². The molecule has 1 amide bonds. The summed E-state index contributed by atoms with van der Waals surface area (Å²) < 4.78 is 42.7. The number of carboxylic acids is 1. The van der Waals surface area contributed by atoms with E-state index in [1.165, 1.54) is 6.42 Å². The molecule has 0 radical (unpaired) electrons. The van der Waals surface area contributed by atoms with Crippen LogP contribution in [-0.4, -0.2) is 49.2 Å². The third-order valence-corrected chi connectivity index (χ3v) is 13.6. The number of allylic oxidation sites excluding steroid dienone is 3. The van der Waals surface area contributed by atoms with Crippen molar-refractivity contribution in [1.82, 2.24) is 5.32 Å². The molecule has 4 aliphatic rings. The number of carbonyl (C=O) groups excluding carboxylic acids is 1. The van der Waals surface area contributed by atoms with Crippen LogP contribution in [0.15, 0.2) is 47.1 Å². The number of rotatable bonds is 12. The van der Waals surface area contributed by atoms with Crippen LogP contribution < -0.4 is 10.1 Å². The Labute approximate surface area is 286 Å². The van der Waals surface area contributed by atoms with Gasteiger partial charge in [0.25, 0.3) is 0 Å². The number of nitrogens with one attached hydrogen (secondary N) is 1. The molecule has 0 spiro atoms. The second kappa shape index (κ2) is 14.3. The van der Waals surface area contributed by atoms with Crippen molar-refractivity contribution >= 4 is 22.3 Å². The summed E-state index contributed by atoms with van der Waals surface area (Å²) in [4.78, 5) is 24.9. The summed E-state index contributed by atoms with van der Waals surface area (Å²) in [6, 6.07) is 6.16. The highest BCUT2D eigenvalue weighted by molar-refractivity contribution is 7.80. The van der Waals surface area contributed by atoms with E-state index in [4.69, 9.17) is 8.92 Å². The molecule has 0 aromatic heterocycles. The van der Waals surface area contributed by atoms with Gasteiger partial charge >= 0.3 is 16.4 Å². The first-order valence-corrected chi connectivity index (χ1v) is 19.1. The van der Waals surface area contributed by atoms with Crippen molar-refractivity contribution in [2.24, 2.45) is 40.4 Å². The molecule has 10 heteroatoms. The lowest BCUT2D eigenvalue weighted by Crippen LogP contribution is -2.52. The van der Waals surface area contributed by atoms with Crippen molar-refractivity contribution in [3.05, 3.63) is 52.6 Å². The monoisotopic (exact) mass is 685 g/mol. The SMILES string of the molecule is COc1ccc(CC(NC(=O)C(C)=CCCC(C)C2CCC3=C4CCC5C(C)C(OS(=O)(=O)O)CCC5(C)C4CCC32C)C(=O)O)cc1. The molecule has 5 rings (SSSR count). The van der Waals surface area contributed by atoms with Gasteiger partial charge in [-0.2, -0.15) is 8.42 Å². The molecular weight excluding hydrogens is 630 g/mol. The molecule has 9 nitrogen and oxygen atoms in total. The van der Waals surface area contributed by atoms with E-state index in [0.717, 1.165) is 56.9 Å². The average molecular weight is 686 g/mol. The van der Waals surface area contributed by atoms with Crippen molar-refractivity contribution in [2.45, 2.75) is 117 Å². The van der Waals surface area contributed by atoms with Crippen molar-refractivity contribution in [3.8, 4) is 5.75 Å². The molecule has 0 saturated heterocycles. The minimum absolute atomic E-state index is 0.0731. The maximum Gasteiger partial charge on any atom is 0.397 e. The summed E-state index contributed by atoms with van der Waals surface area (Å²) in [7, 11) is -2.89. The number of ether oxygens (including phenoxy) is 1.